The van der Waals surface area contributed by atoms with E-state index >= 15 is 0 Å². The predicted octanol–water partition coefficient (Wildman–Crippen LogP) is 5.56. The maximum Gasteiger partial charge on any atom is 0.206 e. The number of sulfone groups is 2. The zero-order valence-corrected chi connectivity index (χ0v) is 22.3. The van der Waals surface area contributed by atoms with Crippen molar-refractivity contribution in [2.24, 2.45) is 0 Å². The minimum Gasteiger partial charge on any atom is -0.289 e. The summed E-state index contributed by atoms with van der Waals surface area (Å²) >= 11 is 0. The highest BCUT2D eigenvalue weighted by atomic mass is 32.2. The van der Waals surface area contributed by atoms with Gasteiger partial charge in [0.1, 0.15) is 0 Å². The number of rotatable bonds is 4. The Morgan fingerprint density at radius 3 is 1.32 bits per heavy atom. The SMILES string of the molecule is O=c1c2cc(S(=O)(=O)c3ccccc3)ccc2c2c1ccc1c3ccc(S(=O)(=O)c4ccccc4)cc3c(=O)c12. The summed E-state index contributed by atoms with van der Waals surface area (Å²) in [5.41, 5.74) is -0.748. The van der Waals surface area contributed by atoms with Gasteiger partial charge in [-0.05, 0) is 70.8 Å². The fourth-order valence-corrected chi connectivity index (χ4v) is 8.11. The molecule has 0 amide bonds. The third kappa shape index (κ3) is 3.33. The van der Waals surface area contributed by atoms with Crippen LogP contribution in [0.5, 0.6) is 0 Å². The monoisotopic (exact) mass is 562 g/mol. The molecule has 0 N–H and O–H groups in total. The highest BCUT2D eigenvalue weighted by Gasteiger charge is 2.24. The second kappa shape index (κ2) is 8.42. The highest BCUT2D eigenvalue weighted by Crippen LogP contribution is 2.36. The molecular weight excluding hydrogens is 544 g/mol. The Bertz CT molecular complexity index is 2470. The molecule has 0 saturated heterocycles. The van der Waals surface area contributed by atoms with Crippen molar-refractivity contribution in [3.63, 3.8) is 0 Å². The van der Waals surface area contributed by atoms with Crippen molar-refractivity contribution in [1.29, 1.82) is 0 Å². The van der Waals surface area contributed by atoms with Gasteiger partial charge in [-0.2, -0.15) is 0 Å². The number of hydrogen-bond donors (Lipinski definition) is 0. The topological polar surface area (TPSA) is 102 Å². The molecule has 0 bridgehead atoms. The van der Waals surface area contributed by atoms with Crippen LogP contribution < -0.4 is 10.9 Å². The largest absolute Gasteiger partial charge is 0.289 e. The first-order valence-corrected chi connectivity index (χ1v) is 15.3. The fourth-order valence-electron chi connectivity index (χ4n) is 5.49. The Morgan fingerprint density at radius 1 is 0.350 bits per heavy atom. The molecule has 0 aliphatic rings. The van der Waals surface area contributed by atoms with Crippen LogP contribution in [-0.4, -0.2) is 16.8 Å². The summed E-state index contributed by atoms with van der Waals surface area (Å²) in [5, 5.41) is 3.16. The molecule has 0 saturated carbocycles. The van der Waals surface area contributed by atoms with E-state index in [0.29, 0.717) is 32.3 Å². The van der Waals surface area contributed by atoms with Gasteiger partial charge in [0.25, 0.3) is 0 Å². The van der Waals surface area contributed by atoms with E-state index in [9.17, 15) is 26.4 Å². The van der Waals surface area contributed by atoms with Gasteiger partial charge in [-0.15, -0.1) is 0 Å². The lowest BCUT2D eigenvalue weighted by molar-refractivity contribution is 0.594. The fraction of sp³-hybridized carbons (Fsp3) is 0. The van der Waals surface area contributed by atoms with Crippen LogP contribution in [0.4, 0.5) is 0 Å². The molecule has 40 heavy (non-hydrogen) atoms. The summed E-state index contributed by atoms with van der Waals surface area (Å²) in [5.74, 6) is 0. The summed E-state index contributed by atoms with van der Waals surface area (Å²) in [4.78, 5) is 27.5. The first kappa shape index (κ1) is 24.4. The molecule has 6 nitrogen and oxygen atoms in total. The quantitative estimate of drug-likeness (QED) is 0.278. The summed E-state index contributed by atoms with van der Waals surface area (Å²) in [6.45, 7) is 0. The molecule has 0 spiro atoms. The third-order valence-electron chi connectivity index (χ3n) is 7.44. The predicted molar refractivity (Wildman–Crippen MR) is 155 cm³/mol. The van der Waals surface area contributed by atoms with Gasteiger partial charge < -0.3 is 0 Å². The van der Waals surface area contributed by atoms with Crippen molar-refractivity contribution < 1.29 is 16.8 Å². The van der Waals surface area contributed by atoms with Crippen molar-refractivity contribution in [2.45, 2.75) is 19.6 Å². The molecule has 0 unspecified atom stereocenters. The van der Waals surface area contributed by atoms with Gasteiger partial charge in [0.05, 0.1) is 19.6 Å². The molecule has 7 rings (SSSR count). The van der Waals surface area contributed by atoms with E-state index in [1.54, 1.807) is 60.7 Å². The molecule has 0 radical (unpaired) electrons. The van der Waals surface area contributed by atoms with E-state index in [1.807, 2.05) is 0 Å². The van der Waals surface area contributed by atoms with Crippen molar-refractivity contribution >= 4 is 62.8 Å². The zero-order valence-electron chi connectivity index (χ0n) is 20.7. The number of fused-ring (bicyclic) bond motifs is 7. The average molecular weight is 563 g/mol. The minimum absolute atomic E-state index is 0.00230. The lowest BCUT2D eigenvalue weighted by Crippen LogP contribution is -2.03. The molecule has 0 aliphatic carbocycles. The van der Waals surface area contributed by atoms with E-state index in [1.165, 1.54) is 48.5 Å². The van der Waals surface area contributed by atoms with Gasteiger partial charge in [-0.3, -0.25) is 9.59 Å². The Kier molecular flexibility index (Phi) is 5.13. The Hall–Kier alpha value is -4.66. The molecule has 7 aromatic rings. The molecule has 7 aromatic carbocycles. The van der Waals surface area contributed by atoms with E-state index in [0.717, 1.165) is 0 Å². The standard InChI is InChI=1S/C32H18O6S2/c33-31-26-16-15-24-23-13-11-21(39(35,36)19-7-3-1-4-8-19)17-27(23)32(34)30(24)29(26)25-14-12-22(18-28(25)31)40(37,38)20-9-5-2-6-10-20/h1-18H. The van der Waals surface area contributed by atoms with Crippen LogP contribution in [0.3, 0.4) is 0 Å². The van der Waals surface area contributed by atoms with Crippen molar-refractivity contribution in [1.82, 2.24) is 0 Å². The Labute approximate surface area is 228 Å². The van der Waals surface area contributed by atoms with Crippen LogP contribution in [0.1, 0.15) is 0 Å². The lowest BCUT2D eigenvalue weighted by atomic mass is 10.1. The molecular formula is C32H18O6S2. The molecule has 194 valence electrons. The summed E-state index contributed by atoms with van der Waals surface area (Å²) < 4.78 is 52.8. The van der Waals surface area contributed by atoms with Crippen LogP contribution in [0.2, 0.25) is 0 Å². The molecule has 8 heteroatoms. The second-order valence-electron chi connectivity index (χ2n) is 9.62. The van der Waals surface area contributed by atoms with Crippen molar-refractivity contribution in [3.8, 4) is 0 Å². The van der Waals surface area contributed by atoms with Crippen LogP contribution >= 0.6 is 0 Å². The van der Waals surface area contributed by atoms with Crippen molar-refractivity contribution in [2.75, 3.05) is 0 Å². The van der Waals surface area contributed by atoms with Gasteiger partial charge in [0.15, 0.2) is 10.9 Å². The van der Waals surface area contributed by atoms with Crippen LogP contribution in [0.15, 0.2) is 138 Å². The molecule has 0 fully saturated rings. The summed E-state index contributed by atoms with van der Waals surface area (Å²) in [6, 6.07) is 28.2. The average Bonchev–Trinajstić information content (AvgIpc) is 3.44. The van der Waals surface area contributed by atoms with E-state index < -0.39 is 19.7 Å². The maximum atomic E-state index is 13.8. The third-order valence-corrected chi connectivity index (χ3v) is 11.0. The zero-order chi connectivity index (χ0) is 27.8. The van der Waals surface area contributed by atoms with E-state index in [4.69, 9.17) is 0 Å². The lowest BCUT2D eigenvalue weighted by Gasteiger charge is -2.04. The van der Waals surface area contributed by atoms with E-state index in [2.05, 4.69) is 0 Å². The molecule has 0 atom stereocenters. The van der Waals surface area contributed by atoms with Gasteiger partial charge in [-0.1, -0.05) is 54.6 Å². The minimum atomic E-state index is -3.86. The second-order valence-corrected chi connectivity index (χ2v) is 13.5. The van der Waals surface area contributed by atoms with Gasteiger partial charge in [0.2, 0.25) is 19.7 Å². The summed E-state index contributed by atoms with van der Waals surface area (Å²) in [7, 11) is -7.70. The van der Waals surface area contributed by atoms with Gasteiger partial charge in [-0.25, -0.2) is 16.8 Å². The van der Waals surface area contributed by atoms with Crippen LogP contribution in [0.25, 0.3) is 43.1 Å². The maximum absolute atomic E-state index is 13.8. The number of benzene rings is 5. The first-order chi connectivity index (χ1) is 19.2. The normalized spacial score (nSPS) is 12.6. The molecule has 0 heterocycles. The van der Waals surface area contributed by atoms with Crippen molar-refractivity contribution in [3.05, 3.63) is 130 Å². The summed E-state index contributed by atoms with van der Waals surface area (Å²) in [6.07, 6.45) is 0. The smallest absolute Gasteiger partial charge is 0.206 e. The van der Waals surface area contributed by atoms with Crippen LogP contribution in [0, 0.1) is 0 Å². The highest BCUT2D eigenvalue weighted by molar-refractivity contribution is 7.91. The molecule has 0 aromatic heterocycles. The van der Waals surface area contributed by atoms with Crippen LogP contribution in [-0.2, 0) is 19.7 Å². The van der Waals surface area contributed by atoms with Gasteiger partial charge in [0, 0.05) is 26.9 Å². The molecule has 0 aliphatic heterocycles. The first-order valence-electron chi connectivity index (χ1n) is 12.3. The van der Waals surface area contributed by atoms with Gasteiger partial charge >= 0.3 is 0 Å². The Morgan fingerprint density at radius 2 is 0.775 bits per heavy atom. The Balaban J connectivity index is 1.49. The van der Waals surface area contributed by atoms with E-state index in [-0.39, 0.29) is 41.2 Å². The number of hydrogen-bond acceptors (Lipinski definition) is 6.